The summed E-state index contributed by atoms with van der Waals surface area (Å²) in [7, 11) is 0. The van der Waals surface area contributed by atoms with Crippen molar-refractivity contribution in [1.82, 2.24) is 15.2 Å². The highest BCUT2D eigenvalue weighted by Gasteiger charge is 2.45. The summed E-state index contributed by atoms with van der Waals surface area (Å²) in [5.41, 5.74) is 1.80. The number of aliphatic hydroxyl groups excluding tert-OH is 1. The summed E-state index contributed by atoms with van der Waals surface area (Å²) in [4.78, 5) is 20.0. The molecule has 3 atom stereocenters. The Balaban J connectivity index is 0.000000571. The van der Waals surface area contributed by atoms with Crippen LogP contribution in [0.25, 0.3) is 10.6 Å². The van der Waals surface area contributed by atoms with E-state index in [2.05, 4.69) is 77.5 Å². The number of nitrogens with zero attached hydrogens (tertiary/aromatic N) is 2. The third kappa shape index (κ3) is 13.1. The molecule has 2 aromatic rings. The van der Waals surface area contributed by atoms with E-state index in [1.54, 1.807) is 25.1 Å². The van der Waals surface area contributed by atoms with Crippen LogP contribution in [-0.2, 0) is 16.9 Å². The quantitative estimate of drug-likeness (QED) is 0.243. The van der Waals surface area contributed by atoms with E-state index in [0.717, 1.165) is 55.1 Å². The summed E-state index contributed by atoms with van der Waals surface area (Å²) in [5.74, 6) is 2.20. The van der Waals surface area contributed by atoms with Crippen molar-refractivity contribution >= 4 is 17.2 Å². The molecule has 9 heteroatoms. The fraction of sp³-hybridized carbons (Fsp3) is 0.692. The minimum Gasteiger partial charge on any atom is -0.516 e. The molecular formula is C39H63F2N3O3S. The number of likely N-dealkylation sites (tertiary alicyclic amines) is 1. The lowest BCUT2D eigenvalue weighted by atomic mass is 9.72. The van der Waals surface area contributed by atoms with Gasteiger partial charge in [-0.05, 0) is 78.9 Å². The van der Waals surface area contributed by atoms with Gasteiger partial charge in [0.1, 0.15) is 10.8 Å². The number of thiazole rings is 1. The van der Waals surface area contributed by atoms with Crippen molar-refractivity contribution in [3.63, 3.8) is 0 Å². The number of carbonyl (C=O) groups is 1. The van der Waals surface area contributed by atoms with Gasteiger partial charge in [0, 0.05) is 37.6 Å². The first-order chi connectivity index (χ1) is 22.4. The van der Waals surface area contributed by atoms with Crippen LogP contribution in [-0.4, -0.2) is 40.6 Å². The molecular weight excluding hydrogens is 629 g/mol. The van der Waals surface area contributed by atoms with Gasteiger partial charge < -0.3 is 15.2 Å². The average Bonchev–Trinajstić information content (AvgIpc) is 3.62. The second-order valence-corrected chi connectivity index (χ2v) is 16.9. The molecule has 0 bridgehead atoms. The number of benzene rings is 1. The Morgan fingerprint density at radius 2 is 1.83 bits per heavy atom. The van der Waals surface area contributed by atoms with E-state index in [-0.39, 0.29) is 17.1 Å². The number of alkyl halides is 2. The maximum atomic E-state index is 13.2. The van der Waals surface area contributed by atoms with Crippen molar-refractivity contribution < 1.29 is 23.4 Å². The van der Waals surface area contributed by atoms with Crippen LogP contribution in [0.15, 0.2) is 36.7 Å². The van der Waals surface area contributed by atoms with Gasteiger partial charge in [-0.2, -0.15) is 8.78 Å². The number of allylic oxidation sites excluding steroid dienone is 1. The number of amides is 1. The van der Waals surface area contributed by atoms with E-state index >= 15 is 0 Å². The predicted octanol–water partition coefficient (Wildman–Crippen LogP) is 11.0. The largest absolute Gasteiger partial charge is 0.516 e. The van der Waals surface area contributed by atoms with Gasteiger partial charge in [-0.1, -0.05) is 87.3 Å². The third-order valence-electron chi connectivity index (χ3n) is 9.85. The Morgan fingerprint density at radius 1 is 1.19 bits per heavy atom. The number of aliphatic hydroxyl groups is 1. The highest BCUT2D eigenvalue weighted by molar-refractivity contribution is 7.15. The Bertz CT molecular complexity index is 1290. The molecule has 2 N–H and O–H groups in total. The zero-order valence-corrected chi connectivity index (χ0v) is 32.3. The second-order valence-electron chi connectivity index (χ2n) is 15.8. The van der Waals surface area contributed by atoms with Gasteiger partial charge in [0.15, 0.2) is 0 Å². The molecule has 272 valence electrons. The van der Waals surface area contributed by atoms with Crippen LogP contribution in [0.2, 0.25) is 0 Å². The van der Waals surface area contributed by atoms with Gasteiger partial charge in [0.2, 0.25) is 5.91 Å². The molecule has 1 saturated carbocycles. The van der Waals surface area contributed by atoms with E-state index in [0.29, 0.717) is 27.8 Å². The smallest absolute Gasteiger partial charge is 0.387 e. The molecule has 2 fully saturated rings. The van der Waals surface area contributed by atoms with Crippen LogP contribution in [0.3, 0.4) is 0 Å². The SMILES string of the molecule is C/C=C\O.CCC(C)C(C)(C)C.CCCC1CC(C(C)(C)C)CN(Cc2cnc(-c3cc(C4(NC(C)=O)CC4)ccc3OC(F)F)s2)C1. The highest BCUT2D eigenvalue weighted by atomic mass is 32.1. The van der Waals surface area contributed by atoms with Gasteiger partial charge in [0.25, 0.3) is 0 Å². The Hall–Kier alpha value is -2.52. The molecule has 6 nitrogen and oxygen atoms in total. The van der Waals surface area contributed by atoms with Crippen LogP contribution in [0.1, 0.15) is 125 Å². The number of ether oxygens (including phenoxy) is 1. The lowest BCUT2D eigenvalue weighted by Gasteiger charge is -2.43. The summed E-state index contributed by atoms with van der Waals surface area (Å²) in [6.45, 7) is 24.0. The molecule has 1 aliphatic heterocycles. The average molecular weight is 692 g/mol. The second kappa shape index (κ2) is 18.5. The van der Waals surface area contributed by atoms with Crippen molar-refractivity contribution in [3.05, 3.63) is 47.2 Å². The van der Waals surface area contributed by atoms with Gasteiger partial charge >= 0.3 is 6.61 Å². The van der Waals surface area contributed by atoms with Crippen molar-refractivity contribution in [2.24, 2.45) is 28.6 Å². The molecule has 1 amide bonds. The normalized spacial score (nSPS) is 20.0. The first kappa shape index (κ1) is 41.7. The number of nitrogens with one attached hydrogen (secondary N) is 1. The fourth-order valence-corrected chi connectivity index (χ4v) is 7.13. The van der Waals surface area contributed by atoms with Gasteiger partial charge in [0.05, 0.1) is 17.4 Å². The maximum Gasteiger partial charge on any atom is 0.387 e. The van der Waals surface area contributed by atoms with E-state index in [1.165, 1.54) is 43.9 Å². The Labute approximate surface area is 293 Å². The number of piperidine rings is 1. The minimum atomic E-state index is -2.92. The standard InChI is InChI=1S/C28H39F2N3O2S.C8H18.C3H6O/c1-6-7-19-12-21(27(3,4)5)16-33(15-19)17-22-14-31-25(36-22)23-13-20(8-9-24(23)35-26(29)30)28(10-11-28)32-18(2)34;1-6-7(2)8(3,4)5;1-2-3-4/h8-9,13-14,19,21,26H,6-7,10-12,15-17H2,1-5H3,(H,32,34);7H,6H2,1-5H3;2-4H,1H3/b;;3-2-. The molecule has 1 aromatic heterocycles. The fourth-order valence-electron chi connectivity index (χ4n) is 6.16. The molecule has 4 rings (SSSR count). The van der Waals surface area contributed by atoms with Crippen molar-refractivity contribution in [2.45, 2.75) is 133 Å². The zero-order valence-electron chi connectivity index (χ0n) is 31.5. The van der Waals surface area contributed by atoms with Gasteiger partial charge in [-0.3, -0.25) is 9.69 Å². The first-order valence-corrected chi connectivity index (χ1v) is 18.5. The molecule has 0 spiro atoms. The summed E-state index contributed by atoms with van der Waals surface area (Å²) in [5, 5.41) is 11.4. The summed E-state index contributed by atoms with van der Waals surface area (Å²) >= 11 is 1.53. The van der Waals surface area contributed by atoms with Crippen LogP contribution in [0.4, 0.5) is 8.78 Å². The molecule has 1 aliphatic carbocycles. The summed E-state index contributed by atoms with van der Waals surface area (Å²) in [6, 6.07) is 5.21. The number of halogens is 2. The predicted molar refractivity (Wildman–Crippen MR) is 197 cm³/mol. The molecule has 1 saturated heterocycles. The van der Waals surface area contributed by atoms with Crippen LogP contribution >= 0.6 is 11.3 Å². The number of aromatic nitrogens is 1. The number of hydrogen-bond donors (Lipinski definition) is 2. The molecule has 3 unspecified atom stereocenters. The zero-order chi connectivity index (χ0) is 36.3. The van der Waals surface area contributed by atoms with E-state index in [9.17, 15) is 13.6 Å². The molecule has 48 heavy (non-hydrogen) atoms. The van der Waals surface area contributed by atoms with Crippen LogP contribution in [0, 0.1) is 28.6 Å². The van der Waals surface area contributed by atoms with Crippen molar-refractivity contribution in [1.29, 1.82) is 0 Å². The van der Waals surface area contributed by atoms with Crippen LogP contribution < -0.4 is 10.1 Å². The topological polar surface area (TPSA) is 74.7 Å². The minimum absolute atomic E-state index is 0.102. The van der Waals surface area contributed by atoms with Crippen molar-refractivity contribution in [3.8, 4) is 16.3 Å². The molecule has 2 aliphatic rings. The molecule has 2 heterocycles. The highest BCUT2D eigenvalue weighted by Crippen LogP contribution is 2.48. The first-order valence-electron chi connectivity index (χ1n) is 17.7. The molecule has 1 aromatic carbocycles. The van der Waals surface area contributed by atoms with Crippen molar-refractivity contribution in [2.75, 3.05) is 13.1 Å². The lowest BCUT2D eigenvalue weighted by Crippen LogP contribution is -2.44. The van der Waals surface area contributed by atoms with Gasteiger partial charge in [-0.25, -0.2) is 4.98 Å². The van der Waals surface area contributed by atoms with Gasteiger partial charge in [-0.15, -0.1) is 11.3 Å². The lowest BCUT2D eigenvalue weighted by molar-refractivity contribution is -0.120. The third-order valence-corrected chi connectivity index (χ3v) is 10.9. The van der Waals surface area contributed by atoms with E-state index in [1.807, 2.05) is 12.3 Å². The van der Waals surface area contributed by atoms with Crippen LogP contribution in [0.5, 0.6) is 5.75 Å². The van der Waals surface area contributed by atoms with E-state index < -0.39 is 12.2 Å². The summed E-state index contributed by atoms with van der Waals surface area (Å²) in [6.07, 6.45) is 11.1. The summed E-state index contributed by atoms with van der Waals surface area (Å²) < 4.78 is 31.2. The number of hydrogen-bond acceptors (Lipinski definition) is 6. The maximum absolute atomic E-state index is 13.2. The Kier molecular flexibility index (Phi) is 16.0. The Morgan fingerprint density at radius 3 is 2.29 bits per heavy atom. The monoisotopic (exact) mass is 691 g/mol. The van der Waals surface area contributed by atoms with E-state index in [4.69, 9.17) is 9.84 Å². The number of rotatable bonds is 10. The molecule has 0 radical (unpaired) electrons. The number of carbonyl (C=O) groups excluding carboxylic acids is 1.